The van der Waals surface area contributed by atoms with Gasteiger partial charge in [-0.05, 0) is 54.3 Å². The third-order valence-electron chi connectivity index (χ3n) is 4.29. The second kappa shape index (κ2) is 7.89. The van der Waals surface area contributed by atoms with E-state index >= 15 is 0 Å². The van der Waals surface area contributed by atoms with Crippen LogP contribution in [-0.2, 0) is 23.9 Å². The normalized spacial score (nSPS) is 11.7. The fourth-order valence-corrected chi connectivity index (χ4v) is 2.96. The number of fused-ring (bicyclic) bond motifs is 1. The molecule has 3 rings (SSSR count). The first kappa shape index (κ1) is 19.7. The summed E-state index contributed by atoms with van der Waals surface area (Å²) in [6.07, 6.45) is -3.26. The van der Waals surface area contributed by atoms with Crippen molar-refractivity contribution in [3.05, 3.63) is 63.6 Å². The van der Waals surface area contributed by atoms with Crippen molar-refractivity contribution in [2.75, 3.05) is 5.32 Å². The van der Waals surface area contributed by atoms with Gasteiger partial charge in [0.05, 0.1) is 16.6 Å². The summed E-state index contributed by atoms with van der Waals surface area (Å²) in [7, 11) is 0. The van der Waals surface area contributed by atoms with Gasteiger partial charge >= 0.3 is 11.9 Å². The largest absolute Gasteiger partial charge is 0.416 e. The summed E-state index contributed by atoms with van der Waals surface area (Å²) in [5.74, 6) is -0.376. The molecule has 0 unspecified atom stereocenters. The van der Waals surface area contributed by atoms with Gasteiger partial charge in [0.15, 0.2) is 0 Å². The number of nitrogens with two attached hydrogens (primary N) is 1. The molecule has 0 bridgehead atoms. The Morgan fingerprint density at radius 3 is 2.50 bits per heavy atom. The molecule has 0 aliphatic heterocycles. The van der Waals surface area contributed by atoms with Crippen LogP contribution < -0.4 is 16.7 Å². The second-order valence-electron chi connectivity index (χ2n) is 6.48. The van der Waals surface area contributed by atoms with E-state index in [0.29, 0.717) is 29.4 Å². The summed E-state index contributed by atoms with van der Waals surface area (Å²) in [6, 6.07) is 8.75. The lowest BCUT2D eigenvalue weighted by Gasteiger charge is -2.12. The molecule has 1 aromatic heterocycles. The van der Waals surface area contributed by atoms with Crippen LogP contribution in [0.3, 0.4) is 0 Å². The standard InChI is InChI=1S/C19H19F3N4O2/c20-19(21,22)13-6-12(10-23)7-14(9-13)24-17(27)3-1-2-11-4-5-15-16(8-11)26-18(28)25-15/h4-9H,1-3,10,23H2,(H,24,27)(H2,25,26,28). The van der Waals surface area contributed by atoms with Crippen molar-refractivity contribution in [3.63, 3.8) is 0 Å². The molecule has 1 amide bonds. The van der Waals surface area contributed by atoms with E-state index in [-0.39, 0.29) is 30.2 Å². The fraction of sp³-hybridized carbons (Fsp3) is 0.263. The van der Waals surface area contributed by atoms with E-state index in [1.54, 1.807) is 6.07 Å². The number of aromatic amines is 2. The average molecular weight is 392 g/mol. The molecular weight excluding hydrogens is 373 g/mol. The zero-order valence-corrected chi connectivity index (χ0v) is 14.8. The SMILES string of the molecule is NCc1cc(NC(=O)CCCc2ccc3[nH]c(=O)[nH]c3c2)cc(C(F)(F)F)c1. The van der Waals surface area contributed by atoms with Crippen LogP contribution in [0, 0.1) is 0 Å². The Balaban J connectivity index is 1.60. The average Bonchev–Trinajstić information content (AvgIpc) is 3.00. The quantitative estimate of drug-likeness (QED) is 0.517. The number of imidazole rings is 1. The molecule has 0 spiro atoms. The Labute approximate surface area is 157 Å². The lowest BCUT2D eigenvalue weighted by atomic mass is 10.1. The van der Waals surface area contributed by atoms with Crippen LogP contribution in [0.2, 0.25) is 0 Å². The van der Waals surface area contributed by atoms with Crippen molar-refractivity contribution >= 4 is 22.6 Å². The van der Waals surface area contributed by atoms with E-state index in [2.05, 4.69) is 15.3 Å². The molecule has 0 aliphatic carbocycles. The molecule has 1 heterocycles. The van der Waals surface area contributed by atoms with E-state index in [9.17, 15) is 22.8 Å². The Morgan fingerprint density at radius 2 is 1.79 bits per heavy atom. The number of benzene rings is 2. The minimum absolute atomic E-state index is 0.0590. The van der Waals surface area contributed by atoms with Crippen LogP contribution in [0.15, 0.2) is 41.2 Å². The van der Waals surface area contributed by atoms with Crippen molar-refractivity contribution in [3.8, 4) is 0 Å². The van der Waals surface area contributed by atoms with Gasteiger partial charge in [-0.15, -0.1) is 0 Å². The Kier molecular flexibility index (Phi) is 5.55. The summed E-state index contributed by atoms with van der Waals surface area (Å²) in [4.78, 5) is 28.7. The second-order valence-corrected chi connectivity index (χ2v) is 6.48. The van der Waals surface area contributed by atoms with E-state index < -0.39 is 11.7 Å². The first-order valence-corrected chi connectivity index (χ1v) is 8.66. The molecule has 2 aromatic carbocycles. The van der Waals surface area contributed by atoms with Crippen molar-refractivity contribution < 1.29 is 18.0 Å². The summed E-state index contributed by atoms with van der Waals surface area (Å²) in [5.41, 5.74) is 7.00. The molecule has 5 N–H and O–H groups in total. The predicted octanol–water partition coefficient (Wildman–Crippen LogP) is 3.30. The predicted molar refractivity (Wildman–Crippen MR) is 99.8 cm³/mol. The number of anilines is 1. The Bertz CT molecular complexity index is 1050. The molecule has 0 aliphatic rings. The van der Waals surface area contributed by atoms with Gasteiger partial charge in [-0.1, -0.05) is 6.07 Å². The minimum atomic E-state index is -4.51. The van der Waals surface area contributed by atoms with Crippen molar-refractivity contribution in [1.29, 1.82) is 0 Å². The lowest BCUT2D eigenvalue weighted by molar-refractivity contribution is -0.137. The Morgan fingerprint density at radius 1 is 1.04 bits per heavy atom. The summed E-state index contributed by atoms with van der Waals surface area (Å²) in [6.45, 7) is -0.0590. The molecule has 3 aromatic rings. The number of hydrogen-bond acceptors (Lipinski definition) is 3. The van der Waals surface area contributed by atoms with Crippen molar-refractivity contribution in [2.45, 2.75) is 32.0 Å². The van der Waals surface area contributed by atoms with Crippen LogP contribution in [0.1, 0.15) is 29.5 Å². The highest BCUT2D eigenvalue weighted by Crippen LogP contribution is 2.32. The number of rotatable bonds is 6. The highest BCUT2D eigenvalue weighted by atomic mass is 19.4. The summed E-state index contributed by atoms with van der Waals surface area (Å²) in [5, 5.41) is 2.50. The third-order valence-corrected chi connectivity index (χ3v) is 4.29. The van der Waals surface area contributed by atoms with Gasteiger partial charge in [-0.3, -0.25) is 4.79 Å². The number of halogens is 3. The monoisotopic (exact) mass is 392 g/mol. The fourth-order valence-electron chi connectivity index (χ4n) is 2.96. The molecule has 28 heavy (non-hydrogen) atoms. The molecule has 0 saturated carbocycles. The van der Waals surface area contributed by atoms with Gasteiger partial charge in [-0.25, -0.2) is 4.79 Å². The number of aromatic nitrogens is 2. The molecule has 148 valence electrons. The lowest BCUT2D eigenvalue weighted by Crippen LogP contribution is -2.14. The maximum atomic E-state index is 12.9. The van der Waals surface area contributed by atoms with Gasteiger partial charge in [0.2, 0.25) is 5.91 Å². The molecule has 0 saturated heterocycles. The Hall–Kier alpha value is -3.07. The zero-order chi connectivity index (χ0) is 20.3. The third kappa shape index (κ3) is 4.80. The van der Waals surface area contributed by atoms with E-state index in [0.717, 1.165) is 17.7 Å². The van der Waals surface area contributed by atoms with Gasteiger partial charge in [0.25, 0.3) is 0 Å². The van der Waals surface area contributed by atoms with Crippen LogP contribution >= 0.6 is 0 Å². The summed E-state index contributed by atoms with van der Waals surface area (Å²) >= 11 is 0. The van der Waals surface area contributed by atoms with Crippen LogP contribution in [0.25, 0.3) is 11.0 Å². The number of nitrogens with one attached hydrogen (secondary N) is 3. The first-order chi connectivity index (χ1) is 13.2. The van der Waals surface area contributed by atoms with Gasteiger partial charge < -0.3 is 21.0 Å². The van der Waals surface area contributed by atoms with Crippen molar-refractivity contribution in [1.82, 2.24) is 9.97 Å². The highest BCUT2D eigenvalue weighted by molar-refractivity contribution is 5.90. The summed E-state index contributed by atoms with van der Waals surface area (Å²) < 4.78 is 38.8. The van der Waals surface area contributed by atoms with Crippen LogP contribution in [0.5, 0.6) is 0 Å². The van der Waals surface area contributed by atoms with E-state index in [4.69, 9.17) is 5.73 Å². The number of hydrogen-bond donors (Lipinski definition) is 4. The molecule has 6 nitrogen and oxygen atoms in total. The number of aryl methyl sites for hydroxylation is 1. The highest BCUT2D eigenvalue weighted by Gasteiger charge is 2.31. The minimum Gasteiger partial charge on any atom is -0.326 e. The smallest absolute Gasteiger partial charge is 0.326 e. The van der Waals surface area contributed by atoms with Gasteiger partial charge in [0, 0.05) is 18.7 Å². The van der Waals surface area contributed by atoms with Gasteiger partial charge in [0.1, 0.15) is 0 Å². The number of alkyl halides is 3. The molecule has 0 fully saturated rings. The van der Waals surface area contributed by atoms with E-state index in [1.165, 1.54) is 6.07 Å². The van der Waals surface area contributed by atoms with Crippen LogP contribution in [-0.4, -0.2) is 15.9 Å². The molecule has 9 heteroatoms. The maximum absolute atomic E-state index is 12.9. The van der Waals surface area contributed by atoms with Crippen molar-refractivity contribution in [2.24, 2.45) is 5.73 Å². The molecular formula is C19H19F3N4O2. The topological polar surface area (TPSA) is 104 Å². The first-order valence-electron chi connectivity index (χ1n) is 8.66. The zero-order valence-electron chi connectivity index (χ0n) is 14.8. The number of carbonyl (C=O) groups excluding carboxylic acids is 1. The maximum Gasteiger partial charge on any atom is 0.416 e. The van der Waals surface area contributed by atoms with Gasteiger partial charge in [-0.2, -0.15) is 13.2 Å². The number of carbonyl (C=O) groups is 1. The van der Waals surface area contributed by atoms with E-state index in [1.807, 2.05) is 12.1 Å². The van der Waals surface area contributed by atoms with Crippen LogP contribution in [0.4, 0.5) is 18.9 Å². The molecule has 0 radical (unpaired) electrons. The molecule has 0 atom stereocenters. The number of H-pyrrole nitrogens is 2. The number of amides is 1.